The number of nitrogens with one attached hydrogen (secondary N) is 1. The molecule has 0 radical (unpaired) electrons. The summed E-state index contributed by atoms with van der Waals surface area (Å²) in [5, 5.41) is 2.33. The summed E-state index contributed by atoms with van der Waals surface area (Å²) in [6.45, 7) is 6.42. The number of fused-ring (bicyclic) bond motifs is 2. The molecule has 3 nitrogen and oxygen atoms in total. The Hall–Kier alpha value is -3.41. The number of aromatic amines is 1. The topological polar surface area (TPSA) is 37.4 Å². The van der Waals surface area contributed by atoms with Crippen molar-refractivity contribution in [2.45, 2.75) is 20.8 Å². The second-order valence-electron chi connectivity index (χ2n) is 8.68. The largest absolute Gasteiger partial charge is 0.497 e. The van der Waals surface area contributed by atoms with Crippen molar-refractivity contribution in [3.63, 3.8) is 0 Å². The average molecular weight is 481 g/mol. The second-order valence-corrected chi connectivity index (χ2v) is 11.3. The Morgan fingerprint density at radius 2 is 1.56 bits per heavy atom. The lowest BCUT2D eigenvalue weighted by molar-refractivity contribution is 0.415. The van der Waals surface area contributed by atoms with Crippen molar-refractivity contribution >= 4 is 50.9 Å². The SMILES string of the molecule is COc1ccc2c(/C=C3\N=C(c4ccc(C)s4)c4cc(C)ccc43)[nH]c(-c3ccc(C)s3)c2c1. The maximum Gasteiger partial charge on any atom is 0.119 e. The molecule has 168 valence electrons. The van der Waals surface area contributed by atoms with Crippen LogP contribution in [0.2, 0.25) is 0 Å². The monoisotopic (exact) mass is 480 g/mol. The molecule has 5 heteroatoms. The van der Waals surface area contributed by atoms with Crippen molar-refractivity contribution in [1.29, 1.82) is 0 Å². The van der Waals surface area contributed by atoms with Gasteiger partial charge in [-0.05, 0) is 75.4 Å². The standard InChI is InChI=1S/C29H24N2OS2/c1-16-5-9-20-22(13-16)28(26-11-6-17(2)33-26)30-24(20)15-25-21-10-8-19(32-4)14-23(21)29(31-25)27-12-7-18(3)34-27/h5-15,31H,1-4H3/b24-15-. The van der Waals surface area contributed by atoms with E-state index in [2.05, 4.69) is 86.4 Å². The average Bonchev–Trinajstić information content (AvgIpc) is 3.60. The molecule has 1 aliphatic heterocycles. The van der Waals surface area contributed by atoms with Crippen molar-refractivity contribution < 1.29 is 4.74 Å². The molecular formula is C29H24N2OS2. The zero-order valence-electron chi connectivity index (χ0n) is 19.5. The van der Waals surface area contributed by atoms with Gasteiger partial charge in [-0.3, -0.25) is 0 Å². The molecule has 3 aromatic heterocycles. The van der Waals surface area contributed by atoms with Gasteiger partial charge in [0.2, 0.25) is 0 Å². The molecule has 2 aromatic carbocycles. The minimum Gasteiger partial charge on any atom is -0.497 e. The number of aliphatic imine (C=N–C) groups is 1. The Balaban J connectivity index is 1.56. The highest BCUT2D eigenvalue weighted by atomic mass is 32.1. The van der Waals surface area contributed by atoms with Crippen LogP contribution in [-0.4, -0.2) is 17.8 Å². The summed E-state index contributed by atoms with van der Waals surface area (Å²) < 4.78 is 5.54. The third-order valence-corrected chi connectivity index (χ3v) is 8.25. The number of aromatic nitrogens is 1. The molecule has 6 rings (SSSR count). The smallest absolute Gasteiger partial charge is 0.119 e. The Morgan fingerprint density at radius 1 is 0.794 bits per heavy atom. The van der Waals surface area contributed by atoms with Crippen LogP contribution in [0.4, 0.5) is 0 Å². The number of nitrogens with zero attached hydrogens (tertiary/aromatic N) is 1. The molecular weight excluding hydrogens is 456 g/mol. The van der Waals surface area contributed by atoms with Crippen molar-refractivity contribution in [2.75, 3.05) is 7.11 Å². The van der Waals surface area contributed by atoms with Crippen LogP contribution in [-0.2, 0) is 0 Å². The van der Waals surface area contributed by atoms with Gasteiger partial charge >= 0.3 is 0 Å². The molecule has 4 heterocycles. The summed E-state index contributed by atoms with van der Waals surface area (Å²) in [6, 6.07) is 21.6. The fraction of sp³-hybridized carbons (Fsp3) is 0.138. The number of ether oxygens (including phenoxy) is 1. The fourth-order valence-corrected chi connectivity index (χ4v) is 6.31. The quantitative estimate of drug-likeness (QED) is 0.276. The predicted octanol–water partition coefficient (Wildman–Crippen LogP) is 8.24. The summed E-state index contributed by atoms with van der Waals surface area (Å²) in [5.41, 5.74) is 7.87. The Bertz CT molecular complexity index is 1630. The van der Waals surface area contributed by atoms with Crippen molar-refractivity contribution in [1.82, 2.24) is 4.98 Å². The molecule has 0 atom stereocenters. The Morgan fingerprint density at radius 3 is 2.26 bits per heavy atom. The first-order valence-corrected chi connectivity index (χ1v) is 12.9. The summed E-state index contributed by atoms with van der Waals surface area (Å²) in [5.74, 6) is 0.857. The number of methoxy groups -OCH3 is 1. The van der Waals surface area contributed by atoms with Crippen molar-refractivity contribution in [3.05, 3.63) is 97.7 Å². The van der Waals surface area contributed by atoms with Crippen LogP contribution >= 0.6 is 22.7 Å². The molecule has 0 spiro atoms. The van der Waals surface area contributed by atoms with E-state index in [1.165, 1.54) is 41.6 Å². The van der Waals surface area contributed by atoms with Gasteiger partial charge in [-0.25, -0.2) is 4.99 Å². The minimum absolute atomic E-state index is 0.857. The number of thiophene rings is 2. The van der Waals surface area contributed by atoms with Gasteiger partial charge in [0.25, 0.3) is 0 Å². The lowest BCUT2D eigenvalue weighted by atomic mass is 10.00. The molecule has 0 saturated heterocycles. The molecule has 1 N–H and O–H groups in total. The molecule has 0 aliphatic carbocycles. The predicted molar refractivity (Wildman–Crippen MR) is 147 cm³/mol. The van der Waals surface area contributed by atoms with E-state index >= 15 is 0 Å². The molecule has 0 bridgehead atoms. The highest BCUT2D eigenvalue weighted by molar-refractivity contribution is 7.15. The molecule has 5 aromatic rings. The third kappa shape index (κ3) is 3.52. The lowest BCUT2D eigenvalue weighted by Gasteiger charge is -2.03. The maximum atomic E-state index is 5.54. The number of H-pyrrole nitrogens is 1. The molecule has 0 fully saturated rings. The van der Waals surface area contributed by atoms with E-state index in [1.54, 1.807) is 29.8 Å². The molecule has 34 heavy (non-hydrogen) atoms. The number of hydrogen-bond donors (Lipinski definition) is 1. The number of rotatable bonds is 4. The molecule has 1 aliphatic rings. The first kappa shape index (κ1) is 21.1. The van der Waals surface area contributed by atoms with Crippen LogP contribution in [0.3, 0.4) is 0 Å². The van der Waals surface area contributed by atoms with Crippen LogP contribution in [0.25, 0.3) is 33.1 Å². The Kier molecular flexibility index (Phi) is 5.05. The third-order valence-electron chi connectivity index (χ3n) is 6.23. The van der Waals surface area contributed by atoms with Gasteiger partial charge in [0.15, 0.2) is 0 Å². The van der Waals surface area contributed by atoms with Gasteiger partial charge < -0.3 is 9.72 Å². The van der Waals surface area contributed by atoms with Gasteiger partial charge in [-0.2, -0.15) is 0 Å². The molecule has 0 amide bonds. The van der Waals surface area contributed by atoms with Gasteiger partial charge in [-0.1, -0.05) is 17.7 Å². The minimum atomic E-state index is 0.857. The van der Waals surface area contributed by atoms with Gasteiger partial charge in [0.1, 0.15) is 5.75 Å². The summed E-state index contributed by atoms with van der Waals surface area (Å²) in [4.78, 5) is 13.9. The van der Waals surface area contributed by atoms with Gasteiger partial charge in [0, 0.05) is 37.3 Å². The first-order chi connectivity index (χ1) is 16.5. The lowest BCUT2D eigenvalue weighted by Crippen LogP contribution is -1.98. The molecule has 0 saturated carbocycles. The first-order valence-electron chi connectivity index (χ1n) is 11.3. The number of aryl methyl sites for hydroxylation is 3. The van der Waals surface area contributed by atoms with E-state index in [9.17, 15) is 0 Å². The van der Waals surface area contributed by atoms with Crippen LogP contribution in [0.1, 0.15) is 37.0 Å². The highest BCUT2D eigenvalue weighted by Gasteiger charge is 2.23. The highest BCUT2D eigenvalue weighted by Crippen LogP contribution is 2.40. The van der Waals surface area contributed by atoms with E-state index < -0.39 is 0 Å². The number of hydrogen-bond acceptors (Lipinski definition) is 4. The van der Waals surface area contributed by atoms with E-state index in [1.807, 2.05) is 6.07 Å². The number of benzene rings is 2. The van der Waals surface area contributed by atoms with Crippen molar-refractivity contribution in [2.24, 2.45) is 4.99 Å². The summed E-state index contributed by atoms with van der Waals surface area (Å²) >= 11 is 3.59. The zero-order chi connectivity index (χ0) is 23.4. The van der Waals surface area contributed by atoms with Gasteiger partial charge in [-0.15, -0.1) is 22.7 Å². The van der Waals surface area contributed by atoms with E-state index in [0.717, 1.165) is 33.9 Å². The Labute approximate surface area is 207 Å². The zero-order valence-corrected chi connectivity index (χ0v) is 21.2. The van der Waals surface area contributed by atoms with Crippen LogP contribution in [0, 0.1) is 20.8 Å². The summed E-state index contributed by atoms with van der Waals surface area (Å²) in [7, 11) is 1.71. The second kappa shape index (κ2) is 8.12. The summed E-state index contributed by atoms with van der Waals surface area (Å²) in [6.07, 6.45) is 2.19. The normalized spacial score (nSPS) is 14.1. The van der Waals surface area contributed by atoms with E-state index in [4.69, 9.17) is 9.73 Å². The van der Waals surface area contributed by atoms with E-state index in [0.29, 0.717) is 0 Å². The van der Waals surface area contributed by atoms with Crippen molar-refractivity contribution in [3.8, 4) is 16.3 Å². The van der Waals surface area contributed by atoms with Gasteiger partial charge in [0.05, 0.1) is 34.0 Å². The van der Waals surface area contributed by atoms with Crippen LogP contribution < -0.4 is 4.74 Å². The molecule has 0 unspecified atom stereocenters. The fourth-order valence-electron chi connectivity index (χ4n) is 4.55. The van der Waals surface area contributed by atoms with Crippen LogP contribution in [0.5, 0.6) is 5.75 Å². The maximum absolute atomic E-state index is 5.54. The van der Waals surface area contributed by atoms with Crippen LogP contribution in [0.15, 0.2) is 65.7 Å². The van der Waals surface area contributed by atoms with E-state index in [-0.39, 0.29) is 0 Å².